The molecule has 0 saturated heterocycles. The fourth-order valence-corrected chi connectivity index (χ4v) is 1.05. The van der Waals surface area contributed by atoms with Crippen LogP contribution in [0.4, 0.5) is 0 Å². The van der Waals surface area contributed by atoms with Gasteiger partial charge in [0.2, 0.25) is 0 Å². The van der Waals surface area contributed by atoms with Crippen molar-refractivity contribution in [3.63, 3.8) is 0 Å². The summed E-state index contributed by atoms with van der Waals surface area (Å²) in [5.41, 5.74) is -0.217. The van der Waals surface area contributed by atoms with E-state index < -0.39 is 11.2 Å². The Labute approximate surface area is 65.9 Å². The van der Waals surface area contributed by atoms with Gasteiger partial charge in [0.25, 0.3) is 5.56 Å². The number of aryl methyl sites for hydroxylation is 1. The van der Waals surface area contributed by atoms with Gasteiger partial charge in [0.15, 0.2) is 5.65 Å². The highest BCUT2D eigenvalue weighted by Gasteiger charge is 2.04. The number of rotatable bonds is 0. The molecule has 2 heterocycles. The maximum absolute atomic E-state index is 11.1. The summed E-state index contributed by atoms with van der Waals surface area (Å²) >= 11 is 0. The number of nitrogens with one attached hydrogen (secondary N) is 2. The average molecular weight is 173 g/mol. The maximum Gasteiger partial charge on any atom is 0.329 e. The summed E-state index contributed by atoms with van der Waals surface area (Å²) in [5, 5.41) is 0. The van der Waals surface area contributed by atoms with Crippen LogP contribution in [0.15, 0.2) is 15.9 Å². The Morgan fingerprint density at radius 1 is 1.50 bits per heavy atom. The van der Waals surface area contributed by atoms with Crippen LogP contribution in [0.25, 0.3) is 11.2 Å². The molecule has 0 aromatic carbocycles. The normalized spacial score (nSPS) is 10.8. The second kappa shape index (κ2) is 2.07. The van der Waals surface area contributed by atoms with E-state index in [0.717, 1.165) is 0 Å². The molecule has 0 bridgehead atoms. The van der Waals surface area contributed by atoms with Crippen LogP contribution in [-0.4, -0.2) is 19.5 Å². The quantitative estimate of drug-likeness (QED) is 0.533. The SMILES string of the molecule is C[15n]1[13c](=O)[15nH][13c](=O)[13c]2[nH]c[15n][13c]21. The van der Waals surface area contributed by atoms with Gasteiger partial charge in [-0.15, -0.1) is 0 Å². The summed E-state index contributed by atoms with van der Waals surface area (Å²) in [6, 6.07) is 0. The fourth-order valence-electron chi connectivity index (χ4n) is 1.05. The molecule has 0 amide bonds. The highest BCUT2D eigenvalue weighted by Crippen LogP contribution is 1.96. The molecule has 12 heavy (non-hydrogen) atoms. The molecule has 6 nitrogen and oxygen atoms in total. The molecular weight excluding hydrogens is 167 g/mol. The predicted molar refractivity (Wildman–Crippen MR) is 42.0 cm³/mol. The first-order valence-corrected chi connectivity index (χ1v) is 3.32. The molecular formula is C6H6N4O2. The molecule has 2 aromatic rings. The van der Waals surface area contributed by atoms with E-state index in [-0.39, 0.29) is 0 Å². The summed E-state index contributed by atoms with van der Waals surface area (Å²) in [4.78, 5) is 30.7. The van der Waals surface area contributed by atoms with Gasteiger partial charge in [-0.2, -0.15) is 0 Å². The largest absolute Gasteiger partial charge is 0.339 e. The number of aromatic amines is 2. The van der Waals surface area contributed by atoms with Crippen LogP contribution in [0, 0.1) is 0 Å². The molecule has 0 radical (unpaired) electrons. The van der Waals surface area contributed by atoms with E-state index in [0.29, 0.717) is 11.2 Å². The summed E-state index contributed by atoms with van der Waals surface area (Å²) in [7, 11) is 1.54. The molecule has 6 heteroatoms. The third-order valence-corrected chi connectivity index (χ3v) is 1.69. The standard InChI is InChI=1S/C6H6N4O2/c1-10-4-3(7-2-8-4)5(11)9-6(10)12/h2H,1H3,(H,7,8)(H,9,11,12)/i3+1,4+1,5+1,6+1,8+1,9+1,10+1. The molecule has 0 unspecified atom stereocenters. The first-order valence-electron chi connectivity index (χ1n) is 3.32. The third kappa shape index (κ3) is 0.714. The van der Waals surface area contributed by atoms with Crippen molar-refractivity contribution in [2.75, 3.05) is 0 Å². The Kier molecular flexibility index (Phi) is 1.18. The van der Waals surface area contributed by atoms with Crippen LogP contribution in [0.5, 0.6) is 0 Å². The van der Waals surface area contributed by atoms with Crippen molar-refractivity contribution in [3.8, 4) is 0 Å². The Morgan fingerprint density at radius 2 is 2.25 bits per heavy atom. The van der Waals surface area contributed by atoms with Crippen molar-refractivity contribution in [1.82, 2.24) is 19.5 Å². The lowest BCUT2D eigenvalue weighted by Gasteiger charge is -1.94. The molecule has 2 N–H and O–H groups in total. The lowest BCUT2D eigenvalue weighted by molar-refractivity contribution is 0.832. The summed E-state index contributed by atoms with van der Waals surface area (Å²) < 4.78 is 1.27. The lowest BCUT2D eigenvalue weighted by atomic mass is 11.4. The van der Waals surface area contributed by atoms with Gasteiger partial charge < -0.3 is 4.98 Å². The number of hydrogen-bond donors (Lipinski definition) is 2. The molecule has 62 valence electrons. The van der Waals surface area contributed by atoms with E-state index in [1.165, 1.54) is 10.9 Å². The third-order valence-electron chi connectivity index (χ3n) is 1.69. The molecule has 0 aliphatic rings. The molecule has 2 rings (SSSR count). The van der Waals surface area contributed by atoms with Crippen molar-refractivity contribution >= 4 is 11.2 Å². The first kappa shape index (κ1) is 6.84. The summed E-state index contributed by atoms with van der Waals surface area (Å²) in [5.74, 6) is 0. The van der Waals surface area contributed by atoms with E-state index in [9.17, 15) is 9.59 Å². The topological polar surface area (TPSA) is 83.5 Å². The second-order valence-electron chi connectivity index (χ2n) is 2.42. The number of aromatic nitrogens is 4. The van der Waals surface area contributed by atoms with E-state index in [1.54, 1.807) is 7.05 Å². The van der Waals surface area contributed by atoms with Gasteiger partial charge in [-0.25, -0.2) is 9.78 Å². The van der Waals surface area contributed by atoms with E-state index in [1.807, 2.05) is 0 Å². The molecule has 0 fully saturated rings. The molecule has 0 atom stereocenters. The van der Waals surface area contributed by atoms with Crippen LogP contribution >= 0.6 is 0 Å². The fraction of sp³-hybridized carbons (Fsp3) is 0.167. The van der Waals surface area contributed by atoms with Crippen LogP contribution in [0.2, 0.25) is 0 Å². The minimum Gasteiger partial charge on any atom is -0.339 e. The van der Waals surface area contributed by atoms with E-state index >= 15 is 0 Å². The van der Waals surface area contributed by atoms with Crippen LogP contribution in [0.3, 0.4) is 0 Å². The Hall–Kier alpha value is -1.85. The number of fused-ring (bicyclic) bond motifs is 1. The molecule has 0 aliphatic heterocycles. The average Bonchev–Trinajstić information content (AvgIpc) is 2.48. The summed E-state index contributed by atoms with van der Waals surface area (Å²) in [6.07, 6.45) is 1.37. The van der Waals surface area contributed by atoms with Crippen molar-refractivity contribution in [3.05, 3.63) is 27.2 Å². The van der Waals surface area contributed by atoms with Crippen molar-refractivity contribution in [2.45, 2.75) is 0 Å². The van der Waals surface area contributed by atoms with Gasteiger partial charge in [0, 0.05) is 7.05 Å². The molecule has 0 saturated carbocycles. The summed E-state index contributed by atoms with van der Waals surface area (Å²) in [6.45, 7) is 0. The molecule has 0 aliphatic carbocycles. The van der Waals surface area contributed by atoms with Gasteiger partial charge in [-0.3, -0.25) is 14.3 Å². The van der Waals surface area contributed by atoms with Crippen molar-refractivity contribution in [2.24, 2.45) is 7.05 Å². The van der Waals surface area contributed by atoms with Crippen LogP contribution < -0.4 is 11.2 Å². The van der Waals surface area contributed by atoms with Crippen molar-refractivity contribution < 1.29 is 0 Å². The van der Waals surface area contributed by atoms with Gasteiger partial charge >= 0.3 is 5.69 Å². The zero-order valence-electron chi connectivity index (χ0n) is 6.29. The first-order chi connectivity index (χ1) is 5.70. The van der Waals surface area contributed by atoms with E-state index in [4.69, 9.17) is 0 Å². The number of imidazole rings is 1. The minimum absolute atomic E-state index is 0.317. The Balaban J connectivity index is 3.18. The van der Waals surface area contributed by atoms with Gasteiger partial charge in [0.05, 0.1) is 6.33 Å². The Bertz CT molecular complexity index is 532. The van der Waals surface area contributed by atoms with Gasteiger partial charge in [-0.1, -0.05) is 0 Å². The Morgan fingerprint density at radius 3 is 3.00 bits per heavy atom. The molecule has 2 aromatic heterocycles. The molecule has 0 spiro atoms. The zero-order valence-corrected chi connectivity index (χ0v) is 6.29. The van der Waals surface area contributed by atoms with Crippen LogP contribution in [0.1, 0.15) is 0 Å². The number of nitrogens with zero attached hydrogens (tertiary/aromatic N) is 2. The monoisotopic (exact) mass is 173 g/mol. The predicted octanol–water partition coefficient (Wildman–Crippen LogP) is -1.05. The number of H-pyrrole nitrogens is 2. The van der Waals surface area contributed by atoms with Gasteiger partial charge in [-0.05, 0) is 0 Å². The highest BCUT2D eigenvalue weighted by molar-refractivity contribution is 5.68. The minimum atomic E-state index is -0.459. The maximum atomic E-state index is 11.1. The number of hydrogen-bond acceptors (Lipinski definition) is 3. The highest BCUT2D eigenvalue weighted by atomic mass is 16.3. The second-order valence-corrected chi connectivity index (χ2v) is 2.42. The smallest absolute Gasteiger partial charge is 0.329 e. The van der Waals surface area contributed by atoms with Crippen LogP contribution in [-0.2, 0) is 7.05 Å². The van der Waals surface area contributed by atoms with E-state index in [2.05, 4.69) is 15.0 Å². The lowest BCUT2D eigenvalue weighted by Crippen LogP contribution is -2.28. The van der Waals surface area contributed by atoms with Gasteiger partial charge in [0.1, 0.15) is 5.52 Å². The zero-order chi connectivity index (χ0) is 8.72. The van der Waals surface area contributed by atoms with Crippen molar-refractivity contribution in [1.29, 1.82) is 0 Å².